The van der Waals surface area contributed by atoms with Crippen LogP contribution in [-0.4, -0.2) is 35.2 Å². The maximum Gasteiger partial charge on any atom is 0.251 e. The molecule has 1 aromatic heterocycles. The van der Waals surface area contributed by atoms with E-state index < -0.39 is 0 Å². The van der Waals surface area contributed by atoms with Gasteiger partial charge in [-0.2, -0.15) is 0 Å². The number of carbonyl (C=O) groups excluding carboxylic acids is 1. The Morgan fingerprint density at radius 1 is 1.25 bits per heavy atom. The van der Waals surface area contributed by atoms with Crippen molar-refractivity contribution in [2.24, 2.45) is 0 Å². The van der Waals surface area contributed by atoms with Gasteiger partial charge in [0, 0.05) is 24.4 Å². The van der Waals surface area contributed by atoms with Crippen LogP contribution in [0.4, 0.5) is 0 Å². The smallest absolute Gasteiger partial charge is 0.251 e. The van der Waals surface area contributed by atoms with Crippen molar-refractivity contribution in [3.63, 3.8) is 0 Å². The minimum Gasteiger partial charge on any atom is -0.383 e. The zero-order chi connectivity index (χ0) is 17.1. The number of benzene rings is 2. The number of fused-ring (bicyclic) bond motifs is 1. The van der Waals surface area contributed by atoms with Gasteiger partial charge in [-0.05, 0) is 44.2 Å². The van der Waals surface area contributed by atoms with E-state index in [1.165, 1.54) is 0 Å². The summed E-state index contributed by atoms with van der Waals surface area (Å²) in [5.74, 6) is 0.773. The first kappa shape index (κ1) is 16.2. The molecule has 124 valence electrons. The van der Waals surface area contributed by atoms with Crippen LogP contribution in [-0.2, 0) is 4.74 Å². The summed E-state index contributed by atoms with van der Waals surface area (Å²) in [4.78, 5) is 16.9. The van der Waals surface area contributed by atoms with Gasteiger partial charge in [0.15, 0.2) is 0 Å². The number of nitrogens with one attached hydrogen (secondary N) is 1. The second-order valence-corrected chi connectivity index (χ2v) is 5.86. The Balaban J connectivity index is 1.95. The number of methoxy groups -OCH3 is 1. The molecule has 0 saturated heterocycles. The third-order valence-electron chi connectivity index (χ3n) is 3.89. The van der Waals surface area contributed by atoms with E-state index in [1.54, 1.807) is 7.11 Å². The third-order valence-corrected chi connectivity index (χ3v) is 3.89. The molecule has 0 bridgehead atoms. The molecule has 3 rings (SSSR count). The maximum atomic E-state index is 12.3. The molecule has 1 amide bonds. The average Bonchev–Trinajstić information content (AvgIpc) is 2.90. The normalized spacial score (nSPS) is 12.3. The number of carbonyl (C=O) groups is 1. The van der Waals surface area contributed by atoms with E-state index in [4.69, 9.17) is 4.74 Å². The van der Waals surface area contributed by atoms with E-state index in [-0.39, 0.29) is 11.9 Å². The van der Waals surface area contributed by atoms with Gasteiger partial charge in [-0.3, -0.25) is 9.36 Å². The number of imidazole rings is 1. The molecule has 0 aliphatic heterocycles. The number of amides is 1. The summed E-state index contributed by atoms with van der Waals surface area (Å²) in [5.41, 5.74) is 3.45. The molecule has 1 N–H and O–H groups in total. The van der Waals surface area contributed by atoms with E-state index in [0.29, 0.717) is 12.2 Å². The molecule has 2 aromatic carbocycles. The molecular weight excluding hydrogens is 302 g/mol. The van der Waals surface area contributed by atoms with Crippen LogP contribution in [0.2, 0.25) is 0 Å². The van der Waals surface area contributed by atoms with Gasteiger partial charge in [0.1, 0.15) is 5.82 Å². The van der Waals surface area contributed by atoms with Crippen molar-refractivity contribution in [2.75, 3.05) is 13.7 Å². The summed E-state index contributed by atoms with van der Waals surface area (Å²) < 4.78 is 7.14. The third kappa shape index (κ3) is 3.16. The van der Waals surface area contributed by atoms with Crippen molar-refractivity contribution < 1.29 is 9.53 Å². The van der Waals surface area contributed by atoms with Crippen LogP contribution in [0.25, 0.3) is 16.7 Å². The number of hydrogen-bond acceptors (Lipinski definition) is 3. The number of hydrogen-bond donors (Lipinski definition) is 1. The fraction of sp³-hybridized carbons (Fsp3) is 0.263. The van der Waals surface area contributed by atoms with Gasteiger partial charge < -0.3 is 10.1 Å². The lowest BCUT2D eigenvalue weighted by atomic mass is 10.1. The van der Waals surface area contributed by atoms with Crippen LogP contribution < -0.4 is 5.32 Å². The highest BCUT2D eigenvalue weighted by molar-refractivity contribution is 5.97. The SMILES string of the molecule is COCC(C)NC(=O)c1ccc2c(c1)nc(C)n2-c1ccccc1. The van der Waals surface area contributed by atoms with Gasteiger partial charge in [-0.25, -0.2) is 4.98 Å². The lowest BCUT2D eigenvalue weighted by Gasteiger charge is -2.12. The van der Waals surface area contributed by atoms with Crippen molar-refractivity contribution in [1.29, 1.82) is 0 Å². The first-order chi connectivity index (χ1) is 11.6. The van der Waals surface area contributed by atoms with Gasteiger partial charge in [0.25, 0.3) is 5.91 Å². The van der Waals surface area contributed by atoms with Crippen molar-refractivity contribution in [1.82, 2.24) is 14.9 Å². The van der Waals surface area contributed by atoms with E-state index in [2.05, 4.69) is 14.9 Å². The van der Waals surface area contributed by atoms with Gasteiger partial charge in [0.2, 0.25) is 0 Å². The molecule has 1 heterocycles. The number of nitrogens with zero attached hydrogens (tertiary/aromatic N) is 2. The zero-order valence-electron chi connectivity index (χ0n) is 14.1. The maximum absolute atomic E-state index is 12.3. The number of aryl methyl sites for hydroxylation is 1. The highest BCUT2D eigenvalue weighted by atomic mass is 16.5. The molecule has 24 heavy (non-hydrogen) atoms. The number of aromatic nitrogens is 2. The number of rotatable bonds is 5. The summed E-state index contributed by atoms with van der Waals surface area (Å²) in [6.45, 7) is 4.36. The fourth-order valence-corrected chi connectivity index (χ4v) is 2.84. The summed E-state index contributed by atoms with van der Waals surface area (Å²) in [6.07, 6.45) is 0. The van der Waals surface area contributed by atoms with Crippen LogP contribution in [0, 0.1) is 6.92 Å². The van der Waals surface area contributed by atoms with Crippen LogP contribution in [0.5, 0.6) is 0 Å². The van der Waals surface area contributed by atoms with Crippen molar-refractivity contribution in [3.05, 3.63) is 59.9 Å². The lowest BCUT2D eigenvalue weighted by Crippen LogP contribution is -2.35. The second kappa shape index (κ2) is 6.84. The topological polar surface area (TPSA) is 56.1 Å². The number of ether oxygens (including phenoxy) is 1. The quantitative estimate of drug-likeness (QED) is 0.785. The van der Waals surface area contributed by atoms with E-state index in [1.807, 2.05) is 62.4 Å². The molecule has 0 radical (unpaired) electrons. The highest BCUT2D eigenvalue weighted by Crippen LogP contribution is 2.22. The Bertz CT molecular complexity index is 856. The molecule has 1 atom stereocenters. The molecule has 1 unspecified atom stereocenters. The molecule has 5 nitrogen and oxygen atoms in total. The minimum absolute atomic E-state index is 0.0400. The van der Waals surface area contributed by atoms with Crippen molar-refractivity contribution >= 4 is 16.9 Å². The van der Waals surface area contributed by atoms with Gasteiger partial charge >= 0.3 is 0 Å². The standard InChI is InChI=1S/C19H21N3O2/c1-13(12-24-3)20-19(23)15-9-10-18-17(11-15)21-14(2)22(18)16-7-5-4-6-8-16/h4-11,13H,12H2,1-3H3,(H,20,23). The highest BCUT2D eigenvalue weighted by Gasteiger charge is 2.14. The van der Waals surface area contributed by atoms with Crippen molar-refractivity contribution in [2.45, 2.75) is 19.9 Å². The van der Waals surface area contributed by atoms with Crippen LogP contribution in [0.3, 0.4) is 0 Å². The lowest BCUT2D eigenvalue weighted by molar-refractivity contribution is 0.0905. The van der Waals surface area contributed by atoms with E-state index in [9.17, 15) is 4.79 Å². The first-order valence-corrected chi connectivity index (χ1v) is 7.94. The largest absolute Gasteiger partial charge is 0.383 e. The van der Waals surface area contributed by atoms with Crippen molar-refractivity contribution in [3.8, 4) is 5.69 Å². The van der Waals surface area contributed by atoms with Crippen LogP contribution in [0.1, 0.15) is 23.1 Å². The Morgan fingerprint density at radius 3 is 2.71 bits per heavy atom. The van der Waals surface area contributed by atoms with Gasteiger partial charge in [-0.15, -0.1) is 0 Å². The summed E-state index contributed by atoms with van der Waals surface area (Å²) in [7, 11) is 1.62. The van der Waals surface area contributed by atoms with E-state index in [0.717, 1.165) is 22.5 Å². The zero-order valence-corrected chi connectivity index (χ0v) is 14.1. The Morgan fingerprint density at radius 2 is 2.00 bits per heavy atom. The average molecular weight is 323 g/mol. The Hall–Kier alpha value is -2.66. The number of para-hydroxylation sites is 1. The molecule has 0 saturated carbocycles. The second-order valence-electron chi connectivity index (χ2n) is 5.86. The predicted octanol–water partition coefficient (Wildman–Crippen LogP) is 3.10. The minimum atomic E-state index is -0.117. The molecular formula is C19H21N3O2. The fourth-order valence-electron chi connectivity index (χ4n) is 2.84. The summed E-state index contributed by atoms with van der Waals surface area (Å²) >= 11 is 0. The summed E-state index contributed by atoms with van der Waals surface area (Å²) in [6, 6.07) is 15.6. The van der Waals surface area contributed by atoms with Crippen LogP contribution in [0.15, 0.2) is 48.5 Å². The molecule has 0 fully saturated rings. The molecule has 0 aliphatic carbocycles. The first-order valence-electron chi connectivity index (χ1n) is 7.94. The van der Waals surface area contributed by atoms with Gasteiger partial charge in [-0.1, -0.05) is 18.2 Å². The molecule has 0 spiro atoms. The Labute approximate surface area is 141 Å². The molecule has 0 aliphatic rings. The monoisotopic (exact) mass is 323 g/mol. The Kier molecular flexibility index (Phi) is 4.62. The van der Waals surface area contributed by atoms with Crippen LogP contribution >= 0.6 is 0 Å². The molecule has 5 heteroatoms. The summed E-state index contributed by atoms with van der Waals surface area (Å²) in [5, 5.41) is 2.92. The van der Waals surface area contributed by atoms with E-state index >= 15 is 0 Å². The van der Waals surface area contributed by atoms with Gasteiger partial charge in [0.05, 0.1) is 17.6 Å². The predicted molar refractivity (Wildman–Crippen MR) is 94.6 cm³/mol. The molecule has 3 aromatic rings.